The molecule has 0 radical (unpaired) electrons. The lowest BCUT2D eigenvalue weighted by molar-refractivity contribution is 0.0736. The molecule has 0 fully saturated rings. The van der Waals surface area contributed by atoms with E-state index in [1.54, 1.807) is 23.3 Å². The third-order valence-corrected chi connectivity index (χ3v) is 5.90. The van der Waals surface area contributed by atoms with E-state index < -0.39 is 0 Å². The van der Waals surface area contributed by atoms with Crippen molar-refractivity contribution >= 4 is 28.1 Å². The van der Waals surface area contributed by atoms with E-state index in [0.29, 0.717) is 12.2 Å². The number of benzene rings is 1. The number of aromatic nitrogens is 4. The maximum atomic E-state index is 12.8. The lowest BCUT2D eigenvalue weighted by Crippen LogP contribution is -2.29. The van der Waals surface area contributed by atoms with E-state index >= 15 is 0 Å². The Hall–Kier alpha value is -2.93. The molecule has 1 aromatic carbocycles. The maximum Gasteiger partial charge on any atom is 0.274 e. The Morgan fingerprint density at radius 2 is 2.15 bits per heavy atom. The van der Waals surface area contributed by atoms with E-state index in [1.165, 1.54) is 5.39 Å². The SMILES string of the molecule is Cc1csc(C(C)N(C)C(=O)c2cc(Cn3ccc4ccccc43)[nH]n2)n1. The normalized spacial score (nSPS) is 12.4. The van der Waals surface area contributed by atoms with Gasteiger partial charge >= 0.3 is 0 Å². The van der Waals surface area contributed by atoms with Crippen molar-refractivity contribution in [2.75, 3.05) is 7.05 Å². The van der Waals surface area contributed by atoms with Crippen LogP contribution < -0.4 is 0 Å². The number of aromatic amines is 1. The highest BCUT2D eigenvalue weighted by atomic mass is 32.1. The summed E-state index contributed by atoms with van der Waals surface area (Å²) in [6, 6.07) is 12.0. The number of hydrogen-bond acceptors (Lipinski definition) is 4. The maximum absolute atomic E-state index is 12.8. The van der Waals surface area contributed by atoms with Crippen LogP contribution in [0.4, 0.5) is 0 Å². The predicted octanol–water partition coefficient (Wildman–Crippen LogP) is 4.01. The van der Waals surface area contributed by atoms with Crippen molar-refractivity contribution < 1.29 is 4.79 Å². The molecule has 7 heteroatoms. The van der Waals surface area contributed by atoms with E-state index in [0.717, 1.165) is 21.9 Å². The van der Waals surface area contributed by atoms with Crippen LogP contribution in [0.1, 0.15) is 39.8 Å². The fraction of sp³-hybridized carbons (Fsp3) is 0.250. The molecule has 1 atom stereocenters. The smallest absolute Gasteiger partial charge is 0.274 e. The molecule has 3 heterocycles. The van der Waals surface area contributed by atoms with Crippen molar-refractivity contribution in [1.29, 1.82) is 0 Å². The number of para-hydroxylation sites is 1. The first-order valence-corrected chi connectivity index (χ1v) is 9.68. The monoisotopic (exact) mass is 379 g/mol. The molecule has 4 rings (SSSR count). The Balaban J connectivity index is 1.50. The van der Waals surface area contributed by atoms with Crippen molar-refractivity contribution in [3.8, 4) is 0 Å². The Morgan fingerprint density at radius 1 is 1.33 bits per heavy atom. The molecular weight excluding hydrogens is 358 g/mol. The number of carbonyl (C=O) groups is 1. The summed E-state index contributed by atoms with van der Waals surface area (Å²) in [5.41, 5.74) is 3.45. The molecule has 1 unspecified atom stereocenters. The van der Waals surface area contributed by atoms with E-state index in [9.17, 15) is 4.79 Å². The molecule has 0 aliphatic rings. The van der Waals surface area contributed by atoms with Gasteiger partial charge in [0.05, 0.1) is 18.3 Å². The number of carbonyl (C=O) groups excluding carboxylic acids is 1. The molecular formula is C20H21N5OS. The number of amides is 1. The molecule has 0 aliphatic heterocycles. The molecule has 0 bridgehead atoms. The zero-order valence-corrected chi connectivity index (χ0v) is 16.3. The minimum absolute atomic E-state index is 0.0928. The minimum Gasteiger partial charge on any atom is -0.341 e. The summed E-state index contributed by atoms with van der Waals surface area (Å²) in [4.78, 5) is 19.0. The van der Waals surface area contributed by atoms with Crippen LogP contribution in [-0.2, 0) is 6.54 Å². The molecule has 0 saturated heterocycles. The number of rotatable bonds is 5. The summed E-state index contributed by atoms with van der Waals surface area (Å²) in [5, 5.41) is 11.4. The van der Waals surface area contributed by atoms with Crippen molar-refractivity contribution in [3.63, 3.8) is 0 Å². The fourth-order valence-corrected chi connectivity index (χ4v) is 4.00. The summed E-state index contributed by atoms with van der Waals surface area (Å²) in [6.07, 6.45) is 2.05. The summed E-state index contributed by atoms with van der Waals surface area (Å²) in [7, 11) is 1.79. The standard InChI is InChI=1S/C20H21N5OS/c1-13-12-27-19(21-13)14(2)24(3)20(26)17-10-16(22-23-17)11-25-9-8-15-6-4-5-7-18(15)25/h4-10,12,14H,11H2,1-3H3,(H,22,23). The van der Waals surface area contributed by atoms with Crippen molar-refractivity contribution in [3.05, 3.63) is 70.1 Å². The molecule has 3 aromatic heterocycles. The van der Waals surface area contributed by atoms with Gasteiger partial charge in [0, 0.05) is 29.8 Å². The molecule has 0 saturated carbocycles. The first-order chi connectivity index (χ1) is 13.0. The van der Waals surface area contributed by atoms with E-state index in [4.69, 9.17) is 0 Å². The third-order valence-electron chi connectivity index (χ3n) is 4.77. The third kappa shape index (κ3) is 3.38. The molecule has 1 N–H and O–H groups in total. The second-order valence-electron chi connectivity index (χ2n) is 6.70. The quantitative estimate of drug-likeness (QED) is 0.570. The largest absolute Gasteiger partial charge is 0.341 e. The van der Waals surface area contributed by atoms with Crippen LogP contribution in [0, 0.1) is 6.92 Å². The average Bonchev–Trinajstić information content (AvgIpc) is 3.41. The lowest BCUT2D eigenvalue weighted by Gasteiger charge is -2.22. The number of thiazole rings is 1. The number of H-pyrrole nitrogens is 1. The molecule has 27 heavy (non-hydrogen) atoms. The van der Waals surface area contributed by atoms with Crippen LogP contribution in [0.3, 0.4) is 0 Å². The number of aryl methyl sites for hydroxylation is 1. The molecule has 138 valence electrons. The van der Waals surface area contributed by atoms with Crippen LogP contribution in [-0.4, -0.2) is 37.6 Å². The van der Waals surface area contributed by atoms with Crippen LogP contribution in [0.5, 0.6) is 0 Å². The first kappa shape index (κ1) is 17.5. The van der Waals surface area contributed by atoms with Gasteiger partial charge in [-0.05, 0) is 37.4 Å². The van der Waals surface area contributed by atoms with Gasteiger partial charge in [-0.15, -0.1) is 11.3 Å². The second-order valence-corrected chi connectivity index (χ2v) is 7.59. The molecule has 0 spiro atoms. The van der Waals surface area contributed by atoms with Gasteiger partial charge in [-0.25, -0.2) is 4.98 Å². The number of hydrogen-bond donors (Lipinski definition) is 1. The van der Waals surface area contributed by atoms with Gasteiger partial charge < -0.3 is 9.47 Å². The summed E-state index contributed by atoms with van der Waals surface area (Å²) in [5.74, 6) is -0.116. The van der Waals surface area contributed by atoms with Gasteiger partial charge in [0.1, 0.15) is 10.7 Å². The highest BCUT2D eigenvalue weighted by Crippen LogP contribution is 2.24. The molecule has 6 nitrogen and oxygen atoms in total. The number of nitrogens with one attached hydrogen (secondary N) is 1. The molecule has 4 aromatic rings. The highest BCUT2D eigenvalue weighted by Gasteiger charge is 2.23. The zero-order chi connectivity index (χ0) is 19.0. The number of nitrogens with zero attached hydrogens (tertiary/aromatic N) is 4. The van der Waals surface area contributed by atoms with Gasteiger partial charge in [-0.1, -0.05) is 18.2 Å². The van der Waals surface area contributed by atoms with E-state index in [1.807, 2.05) is 43.6 Å². The molecule has 1 amide bonds. The highest BCUT2D eigenvalue weighted by molar-refractivity contribution is 7.09. The van der Waals surface area contributed by atoms with Crippen LogP contribution in [0.2, 0.25) is 0 Å². The van der Waals surface area contributed by atoms with Crippen molar-refractivity contribution in [1.82, 2.24) is 24.6 Å². The van der Waals surface area contributed by atoms with Gasteiger partial charge in [-0.2, -0.15) is 5.10 Å². The Morgan fingerprint density at radius 3 is 2.93 bits per heavy atom. The summed E-state index contributed by atoms with van der Waals surface area (Å²) in [6.45, 7) is 4.58. The number of fused-ring (bicyclic) bond motifs is 1. The Labute approximate surface area is 161 Å². The van der Waals surface area contributed by atoms with Gasteiger partial charge in [0.25, 0.3) is 5.91 Å². The summed E-state index contributed by atoms with van der Waals surface area (Å²) < 4.78 is 2.14. The topological polar surface area (TPSA) is 66.8 Å². The fourth-order valence-electron chi connectivity index (χ4n) is 3.10. The van der Waals surface area contributed by atoms with E-state index in [-0.39, 0.29) is 11.9 Å². The summed E-state index contributed by atoms with van der Waals surface area (Å²) >= 11 is 1.57. The van der Waals surface area contributed by atoms with Crippen LogP contribution >= 0.6 is 11.3 Å². The zero-order valence-electron chi connectivity index (χ0n) is 15.5. The average molecular weight is 379 g/mol. The Kier molecular flexibility index (Phi) is 4.53. The second kappa shape index (κ2) is 7.00. The van der Waals surface area contributed by atoms with Crippen molar-refractivity contribution in [2.24, 2.45) is 0 Å². The van der Waals surface area contributed by atoms with Gasteiger partial charge in [0.2, 0.25) is 0 Å². The molecule has 0 aliphatic carbocycles. The minimum atomic E-state index is -0.116. The lowest BCUT2D eigenvalue weighted by atomic mass is 10.2. The predicted molar refractivity (Wildman–Crippen MR) is 107 cm³/mol. The first-order valence-electron chi connectivity index (χ1n) is 8.80. The van der Waals surface area contributed by atoms with Gasteiger partial charge in [0.15, 0.2) is 0 Å². The van der Waals surface area contributed by atoms with E-state index in [2.05, 4.69) is 37.9 Å². The van der Waals surface area contributed by atoms with Crippen LogP contribution in [0.25, 0.3) is 10.9 Å². The van der Waals surface area contributed by atoms with Gasteiger partial charge in [-0.3, -0.25) is 9.89 Å². The van der Waals surface area contributed by atoms with Crippen molar-refractivity contribution in [2.45, 2.75) is 26.4 Å². The van der Waals surface area contributed by atoms with Crippen LogP contribution in [0.15, 0.2) is 48.0 Å². The Bertz CT molecular complexity index is 1090.